The SMILES string of the molecule is [CH2-]C1CN(CCC(C)C)C1.[OH-].[Rb+]. The van der Waals surface area contributed by atoms with E-state index in [-0.39, 0.29) is 63.7 Å². The van der Waals surface area contributed by atoms with Crippen molar-refractivity contribution in [1.82, 2.24) is 4.90 Å². The molecule has 68 valence electrons. The second kappa shape index (κ2) is 8.07. The van der Waals surface area contributed by atoms with Crippen LogP contribution in [-0.4, -0.2) is 30.0 Å². The summed E-state index contributed by atoms with van der Waals surface area (Å²) in [7, 11) is 0. The molecule has 0 aromatic carbocycles. The van der Waals surface area contributed by atoms with Crippen LogP contribution in [0.1, 0.15) is 20.3 Å². The average molecular weight is 243 g/mol. The minimum Gasteiger partial charge on any atom is -0.870 e. The Labute approximate surface area is 125 Å². The summed E-state index contributed by atoms with van der Waals surface area (Å²) >= 11 is 0. The van der Waals surface area contributed by atoms with E-state index in [1.807, 2.05) is 0 Å². The molecule has 0 bridgehead atoms. The van der Waals surface area contributed by atoms with Gasteiger partial charge < -0.3 is 17.3 Å². The summed E-state index contributed by atoms with van der Waals surface area (Å²) in [6.45, 7) is 12.3. The van der Waals surface area contributed by atoms with Crippen molar-refractivity contribution in [3.05, 3.63) is 6.92 Å². The van der Waals surface area contributed by atoms with Gasteiger partial charge in [0, 0.05) is 0 Å². The number of hydrogen-bond acceptors (Lipinski definition) is 2. The molecule has 0 aromatic rings. The second-order valence-electron chi connectivity index (χ2n) is 3.81. The van der Waals surface area contributed by atoms with Gasteiger partial charge in [-0.05, 0) is 32.0 Å². The molecule has 0 spiro atoms. The quantitative estimate of drug-likeness (QED) is 0.572. The molecule has 0 aliphatic carbocycles. The van der Waals surface area contributed by atoms with Crippen LogP contribution in [-0.2, 0) is 0 Å². The number of likely N-dealkylation sites (tertiary alicyclic amines) is 1. The van der Waals surface area contributed by atoms with Crippen LogP contribution in [0.15, 0.2) is 0 Å². The number of rotatable bonds is 3. The van der Waals surface area contributed by atoms with E-state index in [0.29, 0.717) is 5.92 Å². The van der Waals surface area contributed by atoms with Crippen LogP contribution >= 0.6 is 0 Å². The van der Waals surface area contributed by atoms with Crippen LogP contribution in [0, 0.1) is 18.8 Å². The Hall–Kier alpha value is 1.73. The van der Waals surface area contributed by atoms with E-state index in [0.717, 1.165) is 5.92 Å². The monoisotopic (exact) mass is 242 g/mol. The van der Waals surface area contributed by atoms with E-state index >= 15 is 0 Å². The first-order valence-corrected chi connectivity index (χ1v) is 4.24. The van der Waals surface area contributed by atoms with Crippen LogP contribution in [0.5, 0.6) is 0 Å². The van der Waals surface area contributed by atoms with Gasteiger partial charge >= 0.3 is 58.2 Å². The summed E-state index contributed by atoms with van der Waals surface area (Å²) in [6, 6.07) is 0. The molecular weight excluding hydrogens is 224 g/mol. The fraction of sp³-hybridized carbons (Fsp3) is 0.889. The topological polar surface area (TPSA) is 33.2 Å². The van der Waals surface area contributed by atoms with E-state index in [1.54, 1.807) is 0 Å². The van der Waals surface area contributed by atoms with Crippen LogP contribution < -0.4 is 58.2 Å². The third-order valence-corrected chi connectivity index (χ3v) is 2.06. The Morgan fingerprint density at radius 2 is 1.92 bits per heavy atom. The van der Waals surface area contributed by atoms with Crippen molar-refractivity contribution >= 4 is 0 Å². The Morgan fingerprint density at radius 1 is 1.42 bits per heavy atom. The predicted octanol–water partition coefficient (Wildman–Crippen LogP) is -1.37. The molecule has 0 unspecified atom stereocenters. The van der Waals surface area contributed by atoms with Gasteiger partial charge in [-0.3, -0.25) is 0 Å². The zero-order valence-electron chi connectivity index (χ0n) is 8.58. The van der Waals surface area contributed by atoms with Crippen molar-refractivity contribution < 1.29 is 63.7 Å². The van der Waals surface area contributed by atoms with E-state index < -0.39 is 0 Å². The zero-order valence-corrected chi connectivity index (χ0v) is 13.5. The van der Waals surface area contributed by atoms with Gasteiger partial charge in [-0.15, -0.1) is 5.92 Å². The Bertz CT molecular complexity index is 103. The molecule has 0 radical (unpaired) electrons. The molecule has 1 aliphatic heterocycles. The van der Waals surface area contributed by atoms with Crippen molar-refractivity contribution in [2.75, 3.05) is 19.6 Å². The smallest absolute Gasteiger partial charge is 0.870 e. The molecule has 1 heterocycles. The molecule has 0 amide bonds. The summed E-state index contributed by atoms with van der Waals surface area (Å²) in [6.07, 6.45) is 1.34. The molecule has 1 aliphatic rings. The van der Waals surface area contributed by atoms with Crippen LogP contribution in [0.25, 0.3) is 0 Å². The summed E-state index contributed by atoms with van der Waals surface area (Å²) in [5.41, 5.74) is 0. The molecular formula is C9H19NORb-. The number of nitrogens with zero attached hydrogens (tertiary/aromatic N) is 1. The fourth-order valence-corrected chi connectivity index (χ4v) is 1.30. The summed E-state index contributed by atoms with van der Waals surface area (Å²) in [5, 5.41) is 0. The van der Waals surface area contributed by atoms with E-state index in [1.165, 1.54) is 26.1 Å². The molecule has 0 aromatic heterocycles. The third-order valence-electron chi connectivity index (χ3n) is 2.06. The largest absolute Gasteiger partial charge is 1.00 e. The minimum absolute atomic E-state index is 0. The summed E-state index contributed by atoms with van der Waals surface area (Å²) in [5.74, 6) is 1.57. The minimum atomic E-state index is 0. The van der Waals surface area contributed by atoms with E-state index in [4.69, 9.17) is 0 Å². The van der Waals surface area contributed by atoms with Crippen molar-refractivity contribution in [3.63, 3.8) is 0 Å². The Kier molecular flexibility index (Phi) is 10.9. The zero-order chi connectivity index (χ0) is 7.56. The normalized spacial score (nSPS) is 18.0. The first-order valence-electron chi connectivity index (χ1n) is 4.24. The van der Waals surface area contributed by atoms with Gasteiger partial charge in [-0.1, -0.05) is 13.8 Å². The van der Waals surface area contributed by atoms with Gasteiger partial charge in [-0.25, -0.2) is 0 Å². The molecule has 12 heavy (non-hydrogen) atoms. The summed E-state index contributed by atoms with van der Waals surface area (Å²) in [4.78, 5) is 2.48. The summed E-state index contributed by atoms with van der Waals surface area (Å²) < 4.78 is 0. The molecule has 1 N–H and O–H groups in total. The fourth-order valence-electron chi connectivity index (χ4n) is 1.30. The molecule has 1 saturated heterocycles. The Balaban J connectivity index is 0. The molecule has 1 fully saturated rings. The van der Waals surface area contributed by atoms with Gasteiger partial charge in [0.15, 0.2) is 0 Å². The van der Waals surface area contributed by atoms with Crippen LogP contribution in [0.4, 0.5) is 0 Å². The first kappa shape index (κ1) is 16.2. The maximum atomic E-state index is 3.98. The van der Waals surface area contributed by atoms with E-state index in [9.17, 15) is 0 Å². The van der Waals surface area contributed by atoms with Crippen LogP contribution in [0.3, 0.4) is 0 Å². The molecule has 2 nitrogen and oxygen atoms in total. The molecule has 1 rings (SSSR count). The second-order valence-corrected chi connectivity index (χ2v) is 3.81. The molecule has 3 heteroatoms. The van der Waals surface area contributed by atoms with Gasteiger partial charge in [0.1, 0.15) is 0 Å². The van der Waals surface area contributed by atoms with Gasteiger partial charge in [0.2, 0.25) is 0 Å². The van der Waals surface area contributed by atoms with Gasteiger partial charge in [-0.2, -0.15) is 0 Å². The third kappa shape index (κ3) is 6.22. The average Bonchev–Trinajstić information content (AvgIpc) is 1.77. The van der Waals surface area contributed by atoms with Gasteiger partial charge in [0.25, 0.3) is 0 Å². The molecule has 0 saturated carbocycles. The Morgan fingerprint density at radius 3 is 2.25 bits per heavy atom. The maximum absolute atomic E-state index is 3.98. The van der Waals surface area contributed by atoms with Gasteiger partial charge in [0.05, 0.1) is 0 Å². The van der Waals surface area contributed by atoms with Crippen molar-refractivity contribution in [1.29, 1.82) is 0 Å². The van der Waals surface area contributed by atoms with Crippen molar-refractivity contribution in [2.24, 2.45) is 11.8 Å². The van der Waals surface area contributed by atoms with E-state index in [2.05, 4.69) is 25.7 Å². The maximum Gasteiger partial charge on any atom is 1.00 e. The standard InChI is InChI=1S/C9H18N.H2O.Rb/c1-8(2)4-5-10-6-9(3)7-10;;/h8-9H,3-7H2,1-2H3;1H2;/q-1;;+1/p-1. The molecule has 0 atom stereocenters. The van der Waals surface area contributed by atoms with Crippen molar-refractivity contribution in [3.8, 4) is 0 Å². The van der Waals surface area contributed by atoms with Crippen molar-refractivity contribution in [2.45, 2.75) is 20.3 Å². The predicted molar refractivity (Wildman–Crippen MR) is 46.7 cm³/mol. The number of hydrogen-bond donors (Lipinski definition) is 0. The first-order chi connectivity index (χ1) is 4.68. The van der Waals surface area contributed by atoms with Crippen LogP contribution in [0.2, 0.25) is 0 Å².